The zero-order chi connectivity index (χ0) is 23.6. The summed E-state index contributed by atoms with van der Waals surface area (Å²) in [4.78, 5) is 20.1. The highest BCUT2D eigenvalue weighted by Crippen LogP contribution is 2.45. The average Bonchev–Trinajstić information content (AvgIpc) is 3.16. The Kier molecular flexibility index (Phi) is 4.72. The van der Waals surface area contributed by atoms with Crippen LogP contribution >= 0.6 is 0 Å². The Labute approximate surface area is 193 Å². The molecule has 172 valence electrons. The summed E-state index contributed by atoms with van der Waals surface area (Å²) in [5.41, 5.74) is 2.79. The third-order valence-electron chi connectivity index (χ3n) is 7.04. The van der Waals surface area contributed by atoms with E-state index in [0.29, 0.717) is 17.8 Å². The maximum absolute atomic E-state index is 14.0. The van der Waals surface area contributed by atoms with Crippen molar-refractivity contribution in [1.29, 1.82) is 0 Å². The third-order valence-corrected chi connectivity index (χ3v) is 7.04. The Hall–Kier alpha value is -3.68. The summed E-state index contributed by atoms with van der Waals surface area (Å²) < 4.78 is 43.2. The standard InChI is InChI=1S/C26H21F3N4O/c1-32-25(15-11-19(27)22(29)20(28)12-15)18-13-16-6-4-8-21(23(18)31-32)33(16)26(34)24-17-7-3-2-5-14(17)9-10-30-24/h2-3,5,7,9-12,16,21H,4,6,8,13H2,1H3/t16-,21+/m0/s1. The van der Waals surface area contributed by atoms with Gasteiger partial charge in [-0.1, -0.05) is 24.3 Å². The number of amides is 1. The van der Waals surface area contributed by atoms with Crippen molar-refractivity contribution >= 4 is 16.7 Å². The highest BCUT2D eigenvalue weighted by Gasteiger charge is 2.44. The van der Waals surface area contributed by atoms with E-state index in [4.69, 9.17) is 0 Å². The molecule has 2 aliphatic heterocycles. The summed E-state index contributed by atoms with van der Waals surface area (Å²) in [6.45, 7) is 0. The van der Waals surface area contributed by atoms with Crippen LogP contribution in [0.4, 0.5) is 13.2 Å². The molecule has 0 saturated carbocycles. The van der Waals surface area contributed by atoms with Gasteiger partial charge in [-0.05, 0) is 49.3 Å². The molecular formula is C26H21F3N4O. The van der Waals surface area contributed by atoms with Gasteiger partial charge in [-0.3, -0.25) is 14.5 Å². The Balaban J connectivity index is 1.46. The van der Waals surface area contributed by atoms with Crippen molar-refractivity contribution in [3.8, 4) is 11.3 Å². The van der Waals surface area contributed by atoms with E-state index in [2.05, 4.69) is 10.1 Å². The fraction of sp³-hybridized carbons (Fsp3) is 0.269. The minimum atomic E-state index is -1.49. The van der Waals surface area contributed by atoms with Crippen LogP contribution in [0.3, 0.4) is 0 Å². The van der Waals surface area contributed by atoms with Crippen molar-refractivity contribution in [2.75, 3.05) is 0 Å². The molecule has 1 amide bonds. The van der Waals surface area contributed by atoms with Gasteiger partial charge >= 0.3 is 0 Å². The summed E-state index contributed by atoms with van der Waals surface area (Å²) in [5, 5.41) is 6.43. The fourth-order valence-electron chi connectivity index (χ4n) is 5.61. The van der Waals surface area contributed by atoms with Crippen LogP contribution in [0.25, 0.3) is 22.0 Å². The second-order valence-corrected chi connectivity index (χ2v) is 8.99. The first-order valence-electron chi connectivity index (χ1n) is 11.3. The van der Waals surface area contributed by atoms with E-state index in [9.17, 15) is 18.0 Å². The smallest absolute Gasteiger partial charge is 0.273 e. The van der Waals surface area contributed by atoms with Crippen molar-refractivity contribution in [2.24, 2.45) is 7.05 Å². The Bertz CT molecular complexity index is 1440. The first-order valence-corrected chi connectivity index (χ1v) is 11.3. The maximum atomic E-state index is 14.0. The molecule has 34 heavy (non-hydrogen) atoms. The molecule has 0 aliphatic carbocycles. The Morgan fingerprint density at radius 1 is 1.06 bits per heavy atom. The SMILES string of the molecule is Cn1nc2c(c1-c1cc(F)c(F)c(F)c1)C[C@@H]1CCC[C@H]2N1C(=O)c1nccc2ccccc12. The predicted octanol–water partition coefficient (Wildman–Crippen LogP) is 5.34. The van der Waals surface area contributed by atoms with Crippen LogP contribution in [0, 0.1) is 17.5 Å². The minimum Gasteiger partial charge on any atom is -0.325 e. The molecule has 2 aromatic heterocycles. The maximum Gasteiger partial charge on any atom is 0.273 e. The lowest BCUT2D eigenvalue weighted by atomic mass is 9.81. The van der Waals surface area contributed by atoms with Crippen LogP contribution in [0.15, 0.2) is 48.7 Å². The molecule has 0 radical (unpaired) electrons. The molecule has 0 N–H and O–H groups in total. The van der Waals surface area contributed by atoms with Gasteiger partial charge in [-0.25, -0.2) is 13.2 Å². The number of aromatic nitrogens is 3. The molecule has 0 spiro atoms. The second kappa shape index (κ2) is 7.68. The number of halogens is 3. The summed E-state index contributed by atoms with van der Waals surface area (Å²) in [5.74, 6) is -4.10. The van der Waals surface area contributed by atoms with Gasteiger partial charge in [0, 0.05) is 35.8 Å². The molecule has 5 nitrogen and oxygen atoms in total. The topological polar surface area (TPSA) is 51.0 Å². The minimum absolute atomic E-state index is 0.0855. The molecule has 2 aromatic carbocycles. The van der Waals surface area contributed by atoms with E-state index < -0.39 is 17.5 Å². The van der Waals surface area contributed by atoms with Gasteiger partial charge in [0.1, 0.15) is 5.69 Å². The molecule has 4 heterocycles. The molecule has 2 aliphatic rings. The lowest BCUT2D eigenvalue weighted by Gasteiger charge is -2.45. The van der Waals surface area contributed by atoms with Gasteiger partial charge in [-0.2, -0.15) is 5.10 Å². The second-order valence-electron chi connectivity index (χ2n) is 8.99. The molecular weight excluding hydrogens is 441 g/mol. The number of hydrogen-bond acceptors (Lipinski definition) is 3. The van der Waals surface area contributed by atoms with Crippen LogP contribution in [-0.4, -0.2) is 31.6 Å². The monoisotopic (exact) mass is 462 g/mol. The van der Waals surface area contributed by atoms with Crippen LogP contribution in [0.1, 0.15) is 47.1 Å². The normalized spacial score (nSPS) is 19.4. The van der Waals surface area contributed by atoms with E-state index in [0.717, 1.165) is 53.4 Å². The van der Waals surface area contributed by atoms with Crippen LogP contribution in [0.5, 0.6) is 0 Å². The molecule has 0 unspecified atom stereocenters. The summed E-state index contributed by atoms with van der Waals surface area (Å²) in [6, 6.07) is 11.2. The first kappa shape index (κ1) is 20.9. The summed E-state index contributed by atoms with van der Waals surface area (Å²) in [6.07, 6.45) is 4.66. The number of hydrogen-bond donors (Lipinski definition) is 0. The number of carbonyl (C=O) groups is 1. The summed E-state index contributed by atoms with van der Waals surface area (Å²) in [7, 11) is 1.70. The van der Waals surface area contributed by atoms with Crippen molar-refractivity contribution in [3.05, 3.63) is 83.1 Å². The van der Waals surface area contributed by atoms with Gasteiger partial charge < -0.3 is 4.90 Å². The van der Waals surface area contributed by atoms with E-state index in [1.54, 1.807) is 17.9 Å². The van der Waals surface area contributed by atoms with Gasteiger partial charge in [0.2, 0.25) is 0 Å². The first-order chi connectivity index (χ1) is 16.4. The van der Waals surface area contributed by atoms with E-state index in [1.165, 1.54) is 0 Å². The number of nitrogens with zero attached hydrogens (tertiary/aromatic N) is 4. The molecule has 1 fully saturated rings. The quantitative estimate of drug-likeness (QED) is 0.378. The molecule has 8 heteroatoms. The van der Waals surface area contributed by atoms with Crippen LogP contribution in [-0.2, 0) is 13.5 Å². The third kappa shape index (κ3) is 3.04. The van der Waals surface area contributed by atoms with Gasteiger partial charge in [0.05, 0.1) is 17.4 Å². The average molecular weight is 462 g/mol. The number of rotatable bonds is 2. The van der Waals surface area contributed by atoms with Crippen LogP contribution < -0.4 is 0 Å². The molecule has 1 saturated heterocycles. The number of carbonyl (C=O) groups excluding carboxylic acids is 1. The van der Waals surface area contributed by atoms with Gasteiger partial charge in [0.25, 0.3) is 5.91 Å². The predicted molar refractivity (Wildman–Crippen MR) is 121 cm³/mol. The van der Waals surface area contributed by atoms with E-state index >= 15 is 0 Å². The van der Waals surface area contributed by atoms with Gasteiger partial charge in [-0.15, -0.1) is 0 Å². The Morgan fingerprint density at radius 3 is 2.62 bits per heavy atom. The molecule has 6 rings (SSSR count). The zero-order valence-electron chi connectivity index (χ0n) is 18.4. The highest BCUT2D eigenvalue weighted by molar-refractivity contribution is 6.05. The van der Waals surface area contributed by atoms with Crippen molar-refractivity contribution in [2.45, 2.75) is 37.8 Å². The van der Waals surface area contributed by atoms with Crippen molar-refractivity contribution in [3.63, 3.8) is 0 Å². The summed E-state index contributed by atoms with van der Waals surface area (Å²) >= 11 is 0. The van der Waals surface area contributed by atoms with Gasteiger partial charge in [0.15, 0.2) is 17.5 Å². The number of fused-ring (bicyclic) bond motifs is 5. The van der Waals surface area contributed by atoms with E-state index in [1.807, 2.05) is 35.2 Å². The zero-order valence-corrected chi connectivity index (χ0v) is 18.4. The molecule has 2 atom stereocenters. The molecule has 4 aromatic rings. The van der Waals surface area contributed by atoms with Crippen LogP contribution in [0.2, 0.25) is 0 Å². The molecule has 2 bridgehead atoms. The lowest BCUT2D eigenvalue weighted by Crippen LogP contribution is -2.50. The van der Waals surface area contributed by atoms with E-state index in [-0.39, 0.29) is 23.6 Å². The fourth-order valence-corrected chi connectivity index (χ4v) is 5.61. The largest absolute Gasteiger partial charge is 0.325 e. The number of pyridine rings is 1. The number of piperidine rings is 1. The van der Waals surface area contributed by atoms with Crippen molar-refractivity contribution in [1.82, 2.24) is 19.7 Å². The number of benzene rings is 2. The Morgan fingerprint density at radius 2 is 1.82 bits per heavy atom. The lowest BCUT2D eigenvalue weighted by molar-refractivity contribution is 0.0388. The number of aryl methyl sites for hydroxylation is 1. The van der Waals surface area contributed by atoms with Crippen molar-refractivity contribution < 1.29 is 18.0 Å². The highest BCUT2D eigenvalue weighted by atomic mass is 19.2.